The Bertz CT molecular complexity index is 3010. The van der Waals surface area contributed by atoms with Crippen molar-refractivity contribution in [2.75, 3.05) is 66.1 Å². The smallest absolute Gasteiger partial charge is 0.265 e. The van der Waals surface area contributed by atoms with Gasteiger partial charge in [-0.3, -0.25) is 34.3 Å². The molecule has 19 heteroatoms. The normalized spacial score (nSPS) is 23.6. The van der Waals surface area contributed by atoms with Gasteiger partial charge >= 0.3 is 0 Å². The number of fused-ring (bicyclic) bond motifs is 1. The lowest BCUT2D eigenvalue weighted by Gasteiger charge is -2.40. The van der Waals surface area contributed by atoms with Gasteiger partial charge in [-0.2, -0.15) is 4.98 Å². The Morgan fingerprint density at radius 3 is 2.34 bits per heavy atom. The van der Waals surface area contributed by atoms with Crippen molar-refractivity contribution in [2.45, 2.75) is 82.6 Å². The summed E-state index contributed by atoms with van der Waals surface area (Å²) in [6.07, 6.45) is 1.31. The number of rotatable bonds is 13. The number of ether oxygens (including phenoxy) is 1. The van der Waals surface area contributed by atoms with Gasteiger partial charge < -0.3 is 25.2 Å². The number of piperazine rings is 1. The average molecular weight is 939 g/mol. The predicted octanol–water partition coefficient (Wildman–Crippen LogP) is 6.47. The maximum Gasteiger partial charge on any atom is 0.265 e. The molecule has 1 unspecified atom stereocenters. The number of hydrogen-bond donors (Lipinski definition) is 3. The minimum atomic E-state index is -3.67. The van der Waals surface area contributed by atoms with E-state index in [1.54, 1.807) is 32.0 Å². The van der Waals surface area contributed by atoms with Gasteiger partial charge in [-0.25, -0.2) is 17.8 Å². The number of nitrogens with zero attached hydrogens (tertiary/aromatic N) is 6. The van der Waals surface area contributed by atoms with E-state index in [0.29, 0.717) is 47.2 Å². The highest BCUT2D eigenvalue weighted by Gasteiger charge is 2.47. The molecule has 0 saturated carbocycles. The van der Waals surface area contributed by atoms with Crippen LogP contribution in [-0.4, -0.2) is 115 Å². The van der Waals surface area contributed by atoms with Gasteiger partial charge in [-0.1, -0.05) is 23.7 Å². The molecule has 4 aliphatic rings. The molecular weight excluding hydrogens is 877 g/mol. The summed E-state index contributed by atoms with van der Waals surface area (Å²) in [5, 5.41) is 7.71. The highest BCUT2D eigenvalue weighted by Crippen LogP contribution is 2.39. The van der Waals surface area contributed by atoms with Crippen molar-refractivity contribution in [1.29, 1.82) is 0 Å². The van der Waals surface area contributed by atoms with Crippen LogP contribution in [0.3, 0.4) is 0 Å². The fourth-order valence-corrected chi connectivity index (χ4v) is 9.42. The van der Waals surface area contributed by atoms with E-state index in [2.05, 4.69) is 25.5 Å². The van der Waals surface area contributed by atoms with Crippen LogP contribution < -0.4 is 30.5 Å². The lowest BCUT2D eigenvalue weighted by molar-refractivity contribution is -0.136. The summed E-state index contributed by atoms with van der Waals surface area (Å²) >= 11 is 6.50. The third-order valence-electron chi connectivity index (χ3n) is 11.5. The summed E-state index contributed by atoms with van der Waals surface area (Å²) in [4.78, 5) is 63.4. The largest absolute Gasteiger partial charge is 0.489 e. The summed E-state index contributed by atoms with van der Waals surface area (Å²) in [6, 6.07) is 10.3. The monoisotopic (exact) mass is 937 g/mol. The highest BCUT2D eigenvalue weighted by atomic mass is 35.5. The van der Waals surface area contributed by atoms with Crippen molar-refractivity contribution in [3.63, 3.8) is 0 Å². The second kappa shape index (κ2) is 18.6. The molecule has 8 rings (SSSR count). The van der Waals surface area contributed by atoms with Gasteiger partial charge in [0.1, 0.15) is 16.8 Å². The second-order valence-corrected chi connectivity index (χ2v) is 19.5. The highest BCUT2D eigenvalue weighted by molar-refractivity contribution is 7.92. The summed E-state index contributed by atoms with van der Waals surface area (Å²) in [6.45, 7) is -4.63. The van der Waals surface area contributed by atoms with Gasteiger partial charge in [0.2, 0.25) is 17.8 Å². The Labute approximate surface area is 394 Å². The molecule has 0 radical (unpaired) electrons. The minimum Gasteiger partial charge on any atom is -0.489 e. The van der Waals surface area contributed by atoms with E-state index < -0.39 is 106 Å². The van der Waals surface area contributed by atoms with Gasteiger partial charge in [-0.05, 0) is 95.7 Å². The van der Waals surface area contributed by atoms with Crippen LogP contribution >= 0.6 is 11.6 Å². The topological polar surface area (TPSA) is 186 Å². The Morgan fingerprint density at radius 2 is 1.65 bits per heavy atom. The van der Waals surface area contributed by atoms with Gasteiger partial charge in [0, 0.05) is 69.3 Å². The lowest BCUT2D eigenvalue weighted by atomic mass is 9.95. The quantitative estimate of drug-likeness (QED) is 0.124. The number of benzene rings is 3. The number of para-hydroxylation sites is 1. The van der Waals surface area contributed by atoms with Gasteiger partial charge in [0.15, 0.2) is 21.5 Å². The summed E-state index contributed by atoms with van der Waals surface area (Å²) in [7, 11) is -3.67. The number of carbonyl (C=O) groups excluding carboxylic acids is 4. The number of imide groups is 2. The predicted molar refractivity (Wildman–Crippen MR) is 246 cm³/mol. The zero-order valence-electron chi connectivity index (χ0n) is 44.2. The molecule has 3 aromatic carbocycles. The van der Waals surface area contributed by atoms with Crippen LogP contribution in [0.2, 0.25) is 5.02 Å². The van der Waals surface area contributed by atoms with E-state index in [1.807, 2.05) is 38.2 Å². The number of amides is 4. The second-order valence-electron chi connectivity index (χ2n) is 16.6. The van der Waals surface area contributed by atoms with Crippen LogP contribution in [0.25, 0.3) is 0 Å². The molecule has 65 heavy (non-hydrogen) atoms. The Morgan fingerprint density at radius 1 is 0.923 bits per heavy atom. The summed E-state index contributed by atoms with van der Waals surface area (Å²) < 4.78 is 122. The van der Waals surface area contributed by atoms with E-state index in [4.69, 9.17) is 27.3 Å². The molecule has 1 atom stereocenters. The first-order valence-electron chi connectivity index (χ1n) is 25.1. The first-order valence-corrected chi connectivity index (χ1v) is 23.0. The molecule has 0 aliphatic carbocycles. The minimum absolute atomic E-state index is 0.00327. The molecule has 16 nitrogen and oxygen atoms in total. The van der Waals surface area contributed by atoms with Crippen LogP contribution in [-0.2, 0) is 19.4 Å². The number of anilines is 6. The SMILES string of the molecule is [2H]C1([2H])N(CC2CCN(c3cc(OC(C)C)c(Nc4ncc(Cl)c(Nc5ccccc5S(=O)(=O)C(C)C)n4)cc3C)CC2)C([2H])([2H])C([2H])([2H])N(c2ccc3c(c2F)C(=O)N(C2CCC(=O)NC2=O)C3=O)C1([2H])[2H]. The zero-order valence-corrected chi connectivity index (χ0v) is 37.7. The Balaban J connectivity index is 0.995. The van der Waals surface area contributed by atoms with Crippen LogP contribution in [0.4, 0.5) is 38.9 Å². The van der Waals surface area contributed by atoms with Crippen molar-refractivity contribution >= 4 is 79.6 Å². The van der Waals surface area contributed by atoms with E-state index in [1.165, 1.54) is 12.3 Å². The molecule has 4 aliphatic heterocycles. The molecule has 4 aromatic rings. The van der Waals surface area contributed by atoms with Crippen molar-refractivity contribution in [2.24, 2.45) is 5.92 Å². The third-order valence-corrected chi connectivity index (χ3v) is 14.0. The fourth-order valence-electron chi connectivity index (χ4n) is 8.08. The number of halogens is 2. The molecule has 1 aromatic heterocycles. The van der Waals surface area contributed by atoms with Gasteiger partial charge in [-0.15, -0.1) is 0 Å². The molecule has 3 fully saturated rings. The number of piperidine rings is 2. The van der Waals surface area contributed by atoms with Crippen molar-refractivity contribution in [3.05, 3.63) is 82.3 Å². The molecule has 0 bridgehead atoms. The number of nitrogens with one attached hydrogen (secondary N) is 3. The van der Waals surface area contributed by atoms with Crippen LogP contribution in [0.15, 0.2) is 59.6 Å². The zero-order chi connectivity index (χ0) is 53.5. The Kier molecular flexibility index (Phi) is 10.4. The number of aromatic nitrogens is 2. The summed E-state index contributed by atoms with van der Waals surface area (Å²) in [5.41, 5.74) is -0.124. The fraction of sp³-hybridized carbons (Fsp3) is 0.435. The number of hydrogen-bond acceptors (Lipinski definition) is 14. The first kappa shape index (κ1) is 36.4. The third kappa shape index (κ3) is 9.33. The molecular formula is C46H53ClFN9O7S. The average Bonchev–Trinajstić information content (AvgIpc) is 3.56. The van der Waals surface area contributed by atoms with E-state index in [0.717, 1.165) is 23.4 Å². The summed E-state index contributed by atoms with van der Waals surface area (Å²) in [5.74, 6) is -5.39. The van der Waals surface area contributed by atoms with Crippen molar-refractivity contribution < 1.29 is 47.7 Å². The lowest BCUT2D eigenvalue weighted by Crippen LogP contribution is -2.54. The van der Waals surface area contributed by atoms with Crippen molar-refractivity contribution in [3.8, 4) is 5.75 Å². The van der Waals surface area contributed by atoms with E-state index >= 15 is 4.39 Å². The van der Waals surface area contributed by atoms with E-state index in [-0.39, 0.29) is 51.2 Å². The van der Waals surface area contributed by atoms with Crippen LogP contribution in [0.5, 0.6) is 5.75 Å². The van der Waals surface area contributed by atoms with E-state index in [9.17, 15) is 27.6 Å². The maximum absolute atomic E-state index is 16.7. The Hall–Kier alpha value is -5.85. The molecule has 0 spiro atoms. The standard InChI is InChI=1S/C46H53ClFN9O7S/c1-26(2)64-37-23-36(28(5)22-33(37)51-46-49-24-31(47)42(53-46)50-32-8-6-7-9-38(32)65(62,63)27(3)4)55-16-14-29(15-17-55)25-54-18-20-56(21-19-54)34-11-10-30-40(41(34)48)45(61)57(44(30)60)35-12-13-39(58)52-43(35)59/h6-11,22-24,26-27,29,35H,12-21,25H2,1-5H3,(H,52,58,59)(H2,49,50,51,53)/i18D2,19D2,20D2,21D2. The van der Waals surface area contributed by atoms with Gasteiger partial charge in [0.25, 0.3) is 11.8 Å². The molecule has 3 saturated heterocycles. The van der Waals surface area contributed by atoms with Crippen LogP contribution in [0.1, 0.15) is 90.6 Å². The maximum atomic E-state index is 16.7. The number of aryl methyl sites for hydroxylation is 1. The molecule has 4 amide bonds. The first-order chi connectivity index (χ1) is 34.0. The van der Waals surface area contributed by atoms with Crippen LogP contribution in [0, 0.1) is 18.7 Å². The number of sulfone groups is 1. The van der Waals surface area contributed by atoms with Crippen molar-refractivity contribution in [1.82, 2.24) is 25.1 Å². The van der Waals surface area contributed by atoms with Gasteiger partial charge in [0.05, 0.1) is 56.1 Å². The number of carbonyl (C=O) groups is 4. The molecule has 344 valence electrons. The molecule has 3 N–H and O–H groups in total. The molecule has 5 heterocycles.